The van der Waals surface area contributed by atoms with Crippen LogP contribution in [-0.4, -0.2) is 22.0 Å². The van der Waals surface area contributed by atoms with Crippen molar-refractivity contribution in [3.8, 4) is 0 Å². The van der Waals surface area contributed by atoms with E-state index >= 15 is 0 Å². The van der Waals surface area contributed by atoms with Gasteiger partial charge in [0.05, 0.1) is 18.5 Å². The second-order valence-corrected chi connectivity index (χ2v) is 5.53. The first-order valence-electron chi connectivity index (χ1n) is 6.16. The van der Waals surface area contributed by atoms with Crippen LogP contribution in [0, 0.1) is 12.7 Å². The van der Waals surface area contributed by atoms with Gasteiger partial charge in [-0.3, -0.25) is 9.59 Å². The summed E-state index contributed by atoms with van der Waals surface area (Å²) in [6, 6.07) is 5.66. The van der Waals surface area contributed by atoms with Crippen LogP contribution >= 0.6 is 11.3 Å². The Kier molecular flexibility index (Phi) is 4.64. The third-order valence-corrected chi connectivity index (χ3v) is 3.80. The van der Waals surface area contributed by atoms with Gasteiger partial charge in [0.15, 0.2) is 5.13 Å². The number of carbonyl (C=O) groups is 2. The first kappa shape index (κ1) is 15.1. The number of benzene rings is 1. The van der Waals surface area contributed by atoms with Gasteiger partial charge in [0.1, 0.15) is 5.82 Å². The largest absolute Gasteiger partial charge is 0.481 e. The highest BCUT2D eigenvalue weighted by Gasteiger charge is 2.13. The highest BCUT2D eigenvalue weighted by atomic mass is 32.1. The molecule has 0 bridgehead atoms. The number of aromatic nitrogens is 1. The molecule has 2 rings (SSSR count). The number of anilines is 1. The number of carboxylic acids is 1. The van der Waals surface area contributed by atoms with Crippen LogP contribution in [0.15, 0.2) is 24.3 Å². The Hall–Kier alpha value is -2.28. The molecule has 0 fully saturated rings. The fraction of sp³-hybridized carbons (Fsp3) is 0.214. The number of nitrogens with one attached hydrogen (secondary N) is 1. The van der Waals surface area contributed by atoms with E-state index in [0.29, 0.717) is 21.3 Å². The SMILES string of the molecule is Cc1nc(NC(=O)Cc2ccc(F)cc2)sc1CC(=O)O. The average molecular weight is 308 g/mol. The number of carboxylic acid groups (broad SMARTS) is 1. The molecular formula is C14H13FN2O3S. The summed E-state index contributed by atoms with van der Waals surface area (Å²) >= 11 is 1.15. The lowest BCUT2D eigenvalue weighted by molar-refractivity contribution is -0.136. The van der Waals surface area contributed by atoms with Crippen molar-refractivity contribution in [1.82, 2.24) is 4.98 Å². The first-order valence-corrected chi connectivity index (χ1v) is 6.98. The van der Waals surface area contributed by atoms with Crippen molar-refractivity contribution in [3.63, 3.8) is 0 Å². The number of amides is 1. The maximum Gasteiger partial charge on any atom is 0.308 e. The van der Waals surface area contributed by atoms with E-state index in [9.17, 15) is 14.0 Å². The molecule has 0 spiro atoms. The van der Waals surface area contributed by atoms with E-state index in [2.05, 4.69) is 10.3 Å². The van der Waals surface area contributed by atoms with E-state index < -0.39 is 5.97 Å². The predicted molar refractivity (Wildman–Crippen MR) is 76.9 cm³/mol. The molecule has 1 heterocycles. The molecule has 0 atom stereocenters. The van der Waals surface area contributed by atoms with Gasteiger partial charge in [0.25, 0.3) is 0 Å². The van der Waals surface area contributed by atoms with Gasteiger partial charge in [-0.2, -0.15) is 0 Å². The number of nitrogens with zero attached hydrogens (tertiary/aromatic N) is 1. The fourth-order valence-corrected chi connectivity index (χ4v) is 2.70. The van der Waals surface area contributed by atoms with Crippen molar-refractivity contribution in [2.45, 2.75) is 19.8 Å². The van der Waals surface area contributed by atoms with E-state index in [-0.39, 0.29) is 24.6 Å². The minimum absolute atomic E-state index is 0.104. The van der Waals surface area contributed by atoms with Crippen molar-refractivity contribution in [1.29, 1.82) is 0 Å². The van der Waals surface area contributed by atoms with Crippen LogP contribution in [0.1, 0.15) is 16.1 Å². The summed E-state index contributed by atoms with van der Waals surface area (Å²) in [6.07, 6.45) is -0.00942. The third-order valence-electron chi connectivity index (χ3n) is 2.73. The lowest BCUT2D eigenvalue weighted by atomic mass is 10.1. The van der Waals surface area contributed by atoms with Gasteiger partial charge in [-0.1, -0.05) is 12.1 Å². The van der Waals surface area contributed by atoms with Crippen LogP contribution in [0.2, 0.25) is 0 Å². The second-order valence-electron chi connectivity index (χ2n) is 4.45. The van der Waals surface area contributed by atoms with Crippen LogP contribution in [0.25, 0.3) is 0 Å². The van der Waals surface area contributed by atoms with E-state index in [1.54, 1.807) is 6.92 Å². The van der Waals surface area contributed by atoms with E-state index in [0.717, 1.165) is 11.3 Å². The Morgan fingerprint density at radius 2 is 1.95 bits per heavy atom. The number of halogens is 1. The van der Waals surface area contributed by atoms with Crippen LogP contribution in [0.4, 0.5) is 9.52 Å². The number of carbonyl (C=O) groups excluding carboxylic acids is 1. The molecule has 21 heavy (non-hydrogen) atoms. The Labute approximate surface area is 124 Å². The third kappa shape index (κ3) is 4.35. The quantitative estimate of drug-likeness (QED) is 0.889. The van der Waals surface area contributed by atoms with Gasteiger partial charge in [-0.25, -0.2) is 9.37 Å². The number of aliphatic carboxylic acids is 1. The van der Waals surface area contributed by atoms with Crippen molar-refractivity contribution < 1.29 is 19.1 Å². The number of rotatable bonds is 5. The molecule has 0 saturated carbocycles. The highest BCUT2D eigenvalue weighted by Crippen LogP contribution is 2.23. The van der Waals surface area contributed by atoms with Crippen LogP contribution < -0.4 is 5.32 Å². The minimum Gasteiger partial charge on any atom is -0.481 e. The van der Waals surface area contributed by atoms with E-state index in [1.165, 1.54) is 24.3 Å². The number of aryl methyl sites for hydroxylation is 1. The van der Waals surface area contributed by atoms with Gasteiger partial charge >= 0.3 is 5.97 Å². The fourth-order valence-electron chi connectivity index (χ4n) is 1.73. The molecule has 7 heteroatoms. The summed E-state index contributed by atoms with van der Waals surface area (Å²) in [6.45, 7) is 1.70. The molecule has 110 valence electrons. The van der Waals surface area contributed by atoms with Crippen molar-refractivity contribution in [3.05, 3.63) is 46.2 Å². The summed E-state index contributed by atoms with van der Waals surface area (Å²) < 4.78 is 12.8. The zero-order valence-corrected chi connectivity index (χ0v) is 12.0. The standard InChI is InChI=1S/C14H13FN2O3S/c1-8-11(7-13(19)20)21-14(16-8)17-12(18)6-9-2-4-10(15)5-3-9/h2-5H,6-7H2,1H3,(H,19,20)(H,16,17,18). The van der Waals surface area contributed by atoms with Gasteiger partial charge in [-0.15, -0.1) is 11.3 Å². The van der Waals surface area contributed by atoms with Crippen molar-refractivity contribution in [2.24, 2.45) is 0 Å². The summed E-state index contributed by atoms with van der Waals surface area (Å²) in [5, 5.41) is 11.8. The smallest absolute Gasteiger partial charge is 0.308 e. The van der Waals surface area contributed by atoms with Gasteiger partial charge in [0, 0.05) is 4.88 Å². The maximum atomic E-state index is 12.8. The molecule has 0 radical (unpaired) electrons. The molecular weight excluding hydrogens is 295 g/mol. The minimum atomic E-state index is -0.939. The predicted octanol–water partition coefficient (Wildman–Crippen LogP) is 2.40. The van der Waals surface area contributed by atoms with Crippen LogP contribution in [0.3, 0.4) is 0 Å². The Morgan fingerprint density at radius 1 is 1.29 bits per heavy atom. The molecule has 0 saturated heterocycles. The normalized spacial score (nSPS) is 10.4. The Bertz CT molecular complexity index is 667. The maximum absolute atomic E-state index is 12.8. The molecule has 2 aromatic rings. The topological polar surface area (TPSA) is 79.3 Å². The molecule has 1 aromatic carbocycles. The zero-order valence-electron chi connectivity index (χ0n) is 11.2. The highest BCUT2D eigenvalue weighted by molar-refractivity contribution is 7.16. The first-order chi connectivity index (χ1) is 9.94. The number of hydrogen-bond donors (Lipinski definition) is 2. The second kappa shape index (κ2) is 6.45. The van der Waals surface area contributed by atoms with Crippen molar-refractivity contribution in [2.75, 3.05) is 5.32 Å². The number of thiazole rings is 1. The average Bonchev–Trinajstić information content (AvgIpc) is 2.71. The Morgan fingerprint density at radius 3 is 2.57 bits per heavy atom. The lowest BCUT2D eigenvalue weighted by Gasteiger charge is -2.01. The monoisotopic (exact) mass is 308 g/mol. The summed E-state index contributed by atoms with van der Waals surface area (Å²) in [7, 11) is 0. The summed E-state index contributed by atoms with van der Waals surface area (Å²) in [4.78, 5) is 27.3. The van der Waals surface area contributed by atoms with E-state index in [4.69, 9.17) is 5.11 Å². The molecule has 0 aliphatic heterocycles. The van der Waals surface area contributed by atoms with Gasteiger partial charge in [-0.05, 0) is 24.6 Å². The molecule has 0 unspecified atom stereocenters. The molecule has 1 aromatic heterocycles. The van der Waals surface area contributed by atoms with Gasteiger partial charge in [0.2, 0.25) is 5.91 Å². The molecule has 2 N–H and O–H groups in total. The molecule has 0 aliphatic carbocycles. The van der Waals surface area contributed by atoms with Crippen LogP contribution in [0.5, 0.6) is 0 Å². The lowest BCUT2D eigenvalue weighted by Crippen LogP contribution is -2.14. The molecule has 0 aliphatic rings. The summed E-state index contributed by atoms with van der Waals surface area (Å²) in [5.74, 6) is -1.57. The summed E-state index contributed by atoms with van der Waals surface area (Å²) in [5.41, 5.74) is 1.28. The Balaban J connectivity index is 1.99. The zero-order chi connectivity index (χ0) is 15.4. The molecule has 1 amide bonds. The van der Waals surface area contributed by atoms with Gasteiger partial charge < -0.3 is 10.4 Å². The molecule has 5 nitrogen and oxygen atoms in total. The number of hydrogen-bond acceptors (Lipinski definition) is 4. The van der Waals surface area contributed by atoms with Crippen LogP contribution in [-0.2, 0) is 22.4 Å². The van der Waals surface area contributed by atoms with Crippen molar-refractivity contribution >= 4 is 28.3 Å². The van der Waals surface area contributed by atoms with E-state index in [1.807, 2.05) is 0 Å².